The molecule has 0 bridgehead atoms. The van der Waals surface area contributed by atoms with Gasteiger partial charge in [0.15, 0.2) is 155 Å². The Kier molecular flexibility index (Phi) is 26.2. The molecule has 0 aromatic carbocycles. The lowest BCUT2D eigenvalue weighted by molar-refractivity contribution is -0.0664. The standard InChI is InChI=1S/2C22H24F2N8O10P2S2.C21H24F2N10O10P2/c2*1-7-28-19-15(20(34)29-7)27-6-32(19)22-13(24)17-10(40-22)4-38-43(35,45)41-16-9(3-37-44(36,46)42-17)39-21(12(16)23)31-5-26-14-8(33)2-11(25)30-18(14)31;1-7-12-18(31-21(25)30-7)33(5-28-12)20-11(23)15-9(41-20)3-39-44(34,35)42-14-8(2-38-45(36,37)43-15)40-19(10(14)22)32-6-29-13-16(24)26-4-27-17(13)32/h2*5-6,9-10,12-13,16-17,21-22H,2-4H2,1H3,(H2,25,30)(H,35,45)(H,36,46)(H,28,29,34);4-6,8-11,14-15,19-20H,1-3H2,(H,34,35)(H,36,37)(H2,24,26,27)(H3,25,30,31)/t2*9-,10-,12-,13-,16-,17-,21-,22-,43?,44?;8-,9-,10-,11-,14-,15-,19-,20-/m111/s1. The molecule has 9 aromatic rings. The van der Waals surface area contributed by atoms with E-state index in [2.05, 4.69) is 98.9 Å². The van der Waals surface area contributed by atoms with E-state index in [1.807, 2.05) is 0 Å². The predicted molar refractivity (Wildman–Crippen MR) is 460 cm³/mol. The van der Waals surface area contributed by atoms with E-state index in [-0.39, 0.29) is 122 Å². The smallest absolute Gasteiger partial charge is 0.387 e. The van der Waals surface area contributed by atoms with Gasteiger partial charge in [-0.1, -0.05) is 18.8 Å². The van der Waals surface area contributed by atoms with Gasteiger partial charge in [-0.2, -0.15) is 4.99 Å². The zero-order chi connectivity index (χ0) is 97.2. The number of halogens is 6. The summed E-state index contributed by atoms with van der Waals surface area (Å²) in [7, 11) is -10.3. The molecule has 72 heteroatoms. The molecule has 137 heavy (non-hydrogen) atoms. The van der Waals surface area contributed by atoms with Gasteiger partial charge >= 0.3 is 42.6 Å². The number of phosphoric acid groups is 2. The van der Waals surface area contributed by atoms with Crippen LogP contribution in [0.5, 0.6) is 0 Å². The Balaban J connectivity index is 0.000000132. The largest absolute Gasteiger partial charge is 0.472 e. The third kappa shape index (κ3) is 19.0. The molecule has 9 fully saturated rings. The average Bonchev–Trinajstić information content (AvgIpc) is 1.63. The van der Waals surface area contributed by atoms with Gasteiger partial charge in [-0.15, -0.1) is 0 Å². The van der Waals surface area contributed by atoms with Crippen LogP contribution in [0.15, 0.2) is 75.4 Å². The molecule has 738 valence electrons. The number of anilines is 1. The van der Waals surface area contributed by atoms with Crippen molar-refractivity contribution in [1.29, 1.82) is 0 Å². The number of alkyl halides is 6. The number of fused-ring (bicyclic) bond motifs is 12. The number of hydrogen-bond donors (Lipinski definition) is 13. The van der Waals surface area contributed by atoms with Gasteiger partial charge in [-0.25, -0.2) is 99.9 Å². The van der Waals surface area contributed by atoms with Crippen molar-refractivity contribution in [2.45, 2.75) is 174 Å². The third-order valence-corrected chi connectivity index (χ3v) is 30.7. The molecule has 9 aromatic heterocycles. The van der Waals surface area contributed by atoms with Crippen molar-refractivity contribution in [2.75, 3.05) is 45.4 Å². The number of nitrogens with one attached hydrogen (secondary N) is 3. The topological polar surface area (TPSA) is 730 Å². The van der Waals surface area contributed by atoms with Crippen LogP contribution >= 0.6 is 54.8 Å². The number of aryl methyl sites for hydroxylation is 2. The zero-order valence-electron chi connectivity index (χ0n) is 69.1. The number of guanidine groups is 1. The summed E-state index contributed by atoms with van der Waals surface area (Å²) >= 11 is 19.4. The number of aliphatic imine (C=N–C) groups is 3. The molecule has 0 saturated carbocycles. The number of amidine groups is 2. The summed E-state index contributed by atoms with van der Waals surface area (Å²) in [6.07, 6.45) is -33.5. The van der Waals surface area contributed by atoms with Crippen LogP contribution < -0.4 is 39.4 Å². The quantitative estimate of drug-likeness (QED) is 0.0645. The molecule has 0 aliphatic carbocycles. The number of thiol groups is 1. The summed E-state index contributed by atoms with van der Waals surface area (Å²) in [4.78, 5) is 161. The maximum absolute atomic E-state index is 16.0. The van der Waals surface area contributed by atoms with Crippen molar-refractivity contribution in [3.8, 4) is 0 Å². The Morgan fingerprint density at radius 1 is 0.416 bits per heavy atom. The van der Waals surface area contributed by atoms with Crippen molar-refractivity contribution in [1.82, 2.24) is 92.5 Å². The van der Waals surface area contributed by atoms with Crippen molar-refractivity contribution < 1.29 is 157 Å². The van der Waals surface area contributed by atoms with Gasteiger partial charge in [0, 0.05) is 0 Å². The molecule has 0 amide bonds. The maximum atomic E-state index is 16.0. The number of ether oxygens (including phenoxy) is 6. The van der Waals surface area contributed by atoms with E-state index in [9.17, 15) is 57.3 Å². The highest BCUT2D eigenvalue weighted by Gasteiger charge is 2.60. The molecule has 12 aliphatic rings. The number of H-pyrrole nitrogens is 2. The van der Waals surface area contributed by atoms with Crippen LogP contribution in [-0.4, -0.2) is 291 Å². The third-order valence-electron chi connectivity index (χ3n) is 22.5. The summed E-state index contributed by atoms with van der Waals surface area (Å²) in [6.45, 7) is -15.1. The van der Waals surface area contributed by atoms with Crippen LogP contribution in [0, 0.1) is 13.8 Å². The summed E-state index contributed by atoms with van der Waals surface area (Å²) < 4.78 is 241. The lowest BCUT2D eigenvalue weighted by Gasteiger charge is -2.29. The number of Topliss-reactive ketones (excluding diaryl/α,β-unsaturated/α-hetero) is 2. The molecule has 16 N–H and O–H groups in total. The molecule has 21 heterocycles. The molecule has 9 saturated heterocycles. The highest BCUT2D eigenvalue weighted by atomic mass is 32.7. The van der Waals surface area contributed by atoms with Crippen molar-refractivity contribution in [3.05, 3.63) is 100 Å². The first-order chi connectivity index (χ1) is 64.7. The Bertz CT molecular complexity index is 6650. The van der Waals surface area contributed by atoms with Crippen LogP contribution in [0.4, 0.5) is 49.6 Å². The summed E-state index contributed by atoms with van der Waals surface area (Å²) in [5.41, 5.74) is 22.3. The van der Waals surface area contributed by atoms with Gasteiger partial charge in [0.1, 0.15) is 114 Å². The molecule has 21 rings (SSSR count). The number of aromatic nitrogens is 18. The molecule has 30 atom stereocenters. The SMILES string of the molecule is C=C1NC(N)=Nc2c1ncn2[C@@H]1O[C@@H]2COP(=O)(O)O[C@H]3[C@@H](F)[C@H](n4cnc5c(N)ncnc54)O[C@@H]3COP(=O)(O)O[C@H]2[C@H]1F.Cc1nc2c(ncn2[C@@H]2O[C@@H]3COP(O)(=S)O[C@H]4[C@@H](F)[C@H](n5cnc6c5N=C(N)CC6=O)O[C@@H]4COP(=O)(S)O[C@H]3[C@H]2F)c(=O)[nH]1.Cc1nc2c(ncn2[C@@H]2O[C@@H]3COP(O)(=S)O[C@H]4[C@@H](F)[C@H](n5cnc6c5N=C(N)CC6=O)O[C@@H]4COP(O)(=S)O[C@H]3[C@H]2F)c(=O)[nH]1. The minimum atomic E-state index is -5.14. The number of nitrogens with zero attached hydrogens (tertiary/aromatic N) is 19. The van der Waals surface area contributed by atoms with Gasteiger partial charge in [-0.3, -0.25) is 87.3 Å². The highest BCUT2D eigenvalue weighted by molar-refractivity contribution is 8.44. The second kappa shape index (κ2) is 36.9. The van der Waals surface area contributed by atoms with E-state index < -0.39 is 253 Å². The van der Waals surface area contributed by atoms with Crippen molar-refractivity contribution in [3.63, 3.8) is 0 Å². The molecule has 0 spiro atoms. The van der Waals surface area contributed by atoms with E-state index >= 15 is 26.3 Å². The summed E-state index contributed by atoms with van der Waals surface area (Å²) in [6, 6.07) is 0. The number of rotatable bonds is 6. The van der Waals surface area contributed by atoms with E-state index in [1.54, 1.807) is 0 Å². The number of carbonyl (C=O) groups is 2. The zero-order valence-corrected chi connectivity index (χ0v) is 77.8. The molecule has 56 nitrogen and oxygen atoms in total. The number of nitrogens with two attached hydrogens (primary N) is 4. The number of hydrogen-bond acceptors (Lipinski definition) is 46. The van der Waals surface area contributed by atoms with Crippen LogP contribution in [0.25, 0.3) is 39.2 Å². The van der Waals surface area contributed by atoms with Gasteiger partial charge in [0.05, 0.1) is 96.1 Å². The first-order valence-corrected chi connectivity index (χ1v) is 53.4. The molecular weight excluding hydrogens is 2050 g/mol. The van der Waals surface area contributed by atoms with Crippen LogP contribution in [-0.2, 0) is 132 Å². The Morgan fingerprint density at radius 2 is 0.730 bits per heavy atom. The van der Waals surface area contributed by atoms with Crippen LogP contribution in [0.2, 0.25) is 0 Å². The number of ketones is 2. The first-order valence-electron chi connectivity index (χ1n) is 40.0. The minimum absolute atomic E-state index is 0.00142. The number of aromatic amines is 2. The van der Waals surface area contributed by atoms with Gasteiger partial charge < -0.3 is 105 Å². The monoisotopic (exact) mass is 2120 g/mol. The summed E-state index contributed by atoms with van der Waals surface area (Å²) in [5, 5.41) is 2.67. The summed E-state index contributed by atoms with van der Waals surface area (Å²) in [5.74, 6) is -0.572. The normalized spacial score (nSPS) is 38.6. The highest BCUT2D eigenvalue weighted by Crippen LogP contribution is 2.62. The number of nitrogen functional groups attached to an aromatic ring is 1. The minimum Gasteiger partial charge on any atom is -0.387 e. The predicted octanol–water partition coefficient (Wildman–Crippen LogP) is 2.38. The molecule has 12 aliphatic heterocycles. The van der Waals surface area contributed by atoms with Crippen LogP contribution in [0.1, 0.15) is 88.5 Å². The first kappa shape index (κ1) is 97.4. The average molecular weight is 2130 g/mol. The second-order valence-corrected chi connectivity index (χ2v) is 45.6. The molecule has 6 unspecified atom stereocenters. The fourth-order valence-corrected chi connectivity index (χ4v) is 24.1. The molecule has 0 radical (unpaired) electrons. The lowest BCUT2D eigenvalue weighted by atomic mass is 10.1. The van der Waals surface area contributed by atoms with E-state index in [4.69, 9.17) is 141 Å². The van der Waals surface area contributed by atoms with Gasteiger partial charge in [0.25, 0.3) is 11.1 Å². The Morgan fingerprint density at radius 3 is 1.12 bits per heavy atom. The fraction of sp³-hybridized carbons (Fsp3) is 0.523. The van der Waals surface area contributed by atoms with E-state index in [1.165, 1.54) is 20.2 Å². The van der Waals surface area contributed by atoms with Crippen LogP contribution in [0.3, 0.4) is 0 Å². The van der Waals surface area contributed by atoms with E-state index in [0.717, 1.165) is 65.4 Å². The van der Waals surface area contributed by atoms with Crippen molar-refractivity contribution >= 4 is 182 Å². The Labute approximate surface area is 779 Å². The molecular formula is C65H72F6N26O30P6S4. The van der Waals surface area contributed by atoms with Gasteiger partial charge in [0.2, 0.25) is 0 Å². The Hall–Kier alpha value is -8.38. The number of phosphoric ester groups is 2. The maximum Gasteiger partial charge on any atom is 0.472 e. The second-order valence-electron chi connectivity index (χ2n) is 31.6. The van der Waals surface area contributed by atoms with Gasteiger partial charge in [-0.05, 0) is 49.3 Å². The number of carbonyl (C=O) groups excluding carboxylic acids is 2. The van der Waals surface area contributed by atoms with Crippen molar-refractivity contribution in [2.24, 2.45) is 32.2 Å². The fourth-order valence-electron chi connectivity index (χ4n) is 16.4. The lowest BCUT2D eigenvalue weighted by Crippen LogP contribution is -2.37. The van der Waals surface area contributed by atoms with E-state index in [0.29, 0.717) is 0 Å². The number of imidazole rings is 6.